The predicted molar refractivity (Wildman–Crippen MR) is 198 cm³/mol. The summed E-state index contributed by atoms with van der Waals surface area (Å²) in [5, 5.41) is 14.1. The molecule has 288 valence electrons. The van der Waals surface area contributed by atoms with Crippen molar-refractivity contribution in [2.45, 2.75) is 33.0 Å². The molecule has 2 aromatic heterocycles. The van der Waals surface area contributed by atoms with Gasteiger partial charge in [-0.3, -0.25) is 20.2 Å². The summed E-state index contributed by atoms with van der Waals surface area (Å²) >= 11 is 0. The molecule has 0 fully saturated rings. The number of pyridine rings is 1. The maximum absolute atomic E-state index is 14.3. The number of nitrogens with one attached hydrogen (secondary N) is 1. The van der Waals surface area contributed by atoms with Crippen molar-refractivity contribution in [3.63, 3.8) is 0 Å². The molecule has 1 amide bonds. The van der Waals surface area contributed by atoms with E-state index < -0.39 is 34.1 Å². The van der Waals surface area contributed by atoms with Crippen LogP contribution in [0.15, 0.2) is 71.7 Å². The fourth-order valence-electron chi connectivity index (χ4n) is 5.60. The Morgan fingerprint density at radius 1 is 0.855 bits per heavy atom. The number of benzene rings is 3. The molecule has 0 atom stereocenters. The number of methoxy groups -OCH3 is 4. The number of aryl methyl sites for hydroxylation is 1. The molecule has 17 heteroatoms. The first-order chi connectivity index (χ1) is 26.1. The molecule has 5 rings (SSSR count). The Kier molecular flexibility index (Phi) is 11.3. The minimum absolute atomic E-state index is 0.0449. The smallest absolute Gasteiger partial charge is 0.412 e. The molecule has 55 heavy (non-hydrogen) atoms. The van der Waals surface area contributed by atoms with Crippen LogP contribution >= 0.6 is 0 Å². The fraction of sp³-hybridized carbons (Fsp3) is 0.263. The monoisotopic (exact) mass is 758 g/mol. The van der Waals surface area contributed by atoms with E-state index in [0.29, 0.717) is 16.8 Å². The molecule has 2 heterocycles. The van der Waals surface area contributed by atoms with Crippen LogP contribution in [0, 0.1) is 10.1 Å². The lowest BCUT2D eigenvalue weighted by Gasteiger charge is -2.21. The molecule has 0 saturated carbocycles. The van der Waals surface area contributed by atoms with Crippen molar-refractivity contribution in [2.75, 3.05) is 33.8 Å². The average molecular weight is 759 g/mol. The zero-order valence-corrected chi connectivity index (χ0v) is 31.2. The standard InChI is InChI=1S/C38H38N4O13/c1-38(2,3)55-37(46)39-23-11-9-21(10-12-23)20-53-41-32(36(45)52-8)31(22-15-29(49-5)33(51-7)30(16-22)50-6)26-14-13-25(18-27(26)34(41)43)54-35(44)28-17-24(42(47)48)19-40(28)4/h9-19H,20H2,1-8H3,(H,39,46). The summed E-state index contributed by atoms with van der Waals surface area (Å²) < 4.78 is 34.7. The number of hydrogen-bond acceptors (Lipinski definition) is 13. The summed E-state index contributed by atoms with van der Waals surface area (Å²) in [6.07, 6.45) is 0.520. The van der Waals surface area contributed by atoms with Gasteiger partial charge in [0.15, 0.2) is 17.2 Å². The highest BCUT2D eigenvalue weighted by molar-refractivity contribution is 6.07. The van der Waals surface area contributed by atoms with Gasteiger partial charge in [0.2, 0.25) is 5.75 Å². The van der Waals surface area contributed by atoms with E-state index in [1.54, 1.807) is 57.2 Å². The highest BCUT2D eigenvalue weighted by Crippen LogP contribution is 2.43. The second-order valence-electron chi connectivity index (χ2n) is 12.9. The van der Waals surface area contributed by atoms with Gasteiger partial charge < -0.3 is 37.8 Å². The number of nitro groups is 1. The number of esters is 2. The lowest BCUT2D eigenvalue weighted by molar-refractivity contribution is -0.384. The van der Waals surface area contributed by atoms with Crippen molar-refractivity contribution in [1.82, 2.24) is 9.30 Å². The van der Waals surface area contributed by atoms with Crippen LogP contribution in [-0.4, -0.2) is 66.3 Å². The third kappa shape index (κ3) is 8.45. The first-order valence-electron chi connectivity index (χ1n) is 16.5. The quantitative estimate of drug-likeness (QED) is 0.0681. The van der Waals surface area contributed by atoms with Gasteiger partial charge in [-0.15, -0.1) is 4.73 Å². The predicted octanol–water partition coefficient (Wildman–Crippen LogP) is 5.92. The van der Waals surface area contributed by atoms with Crippen molar-refractivity contribution in [3.05, 3.63) is 104 Å². The van der Waals surface area contributed by atoms with Gasteiger partial charge in [0.05, 0.1) is 44.9 Å². The van der Waals surface area contributed by atoms with Crippen LogP contribution in [0.3, 0.4) is 0 Å². The Morgan fingerprint density at radius 3 is 2.05 bits per heavy atom. The molecule has 0 bridgehead atoms. The van der Waals surface area contributed by atoms with Crippen molar-refractivity contribution in [2.24, 2.45) is 7.05 Å². The molecule has 0 aliphatic heterocycles. The van der Waals surface area contributed by atoms with Crippen molar-refractivity contribution in [1.29, 1.82) is 0 Å². The number of carbonyl (C=O) groups excluding carboxylic acids is 3. The average Bonchev–Trinajstić information content (AvgIpc) is 3.55. The molecular formula is C38H38N4O13. The molecule has 17 nitrogen and oxygen atoms in total. The number of carbonyl (C=O) groups is 3. The van der Waals surface area contributed by atoms with Crippen molar-refractivity contribution < 1.29 is 52.6 Å². The van der Waals surface area contributed by atoms with Crippen LogP contribution < -0.4 is 34.7 Å². The Labute approximate surface area is 313 Å². The third-order valence-electron chi connectivity index (χ3n) is 8.03. The van der Waals surface area contributed by atoms with Crippen LogP contribution in [0.1, 0.15) is 47.3 Å². The summed E-state index contributed by atoms with van der Waals surface area (Å²) in [6, 6.07) is 14.9. The van der Waals surface area contributed by atoms with Gasteiger partial charge in [-0.05, 0) is 79.7 Å². The van der Waals surface area contributed by atoms with Crippen molar-refractivity contribution in [3.8, 4) is 34.1 Å². The molecular weight excluding hydrogens is 720 g/mol. The van der Waals surface area contributed by atoms with E-state index >= 15 is 0 Å². The first kappa shape index (κ1) is 39.2. The van der Waals surface area contributed by atoms with Gasteiger partial charge in [0.25, 0.3) is 11.2 Å². The van der Waals surface area contributed by atoms with Crippen LogP contribution in [0.5, 0.6) is 23.0 Å². The number of aromatic nitrogens is 2. The second kappa shape index (κ2) is 15.9. The molecule has 0 unspecified atom stereocenters. The number of amides is 1. The zero-order chi connectivity index (χ0) is 40.2. The van der Waals surface area contributed by atoms with Gasteiger partial charge in [-0.2, -0.15) is 0 Å². The SMILES string of the molecule is COC(=O)c1c(-c2cc(OC)c(OC)c(OC)c2)c2ccc(OC(=O)c3cc([N+](=O)[O-])cn3C)cc2c(=O)n1OCc1ccc(NC(=O)OC(C)(C)C)cc1. The minimum atomic E-state index is -0.930. The first-order valence-corrected chi connectivity index (χ1v) is 16.5. The number of hydrogen-bond donors (Lipinski definition) is 1. The number of rotatable bonds is 12. The van der Waals surface area contributed by atoms with Gasteiger partial charge in [-0.25, -0.2) is 14.4 Å². The number of fused-ring (bicyclic) bond motifs is 1. The van der Waals surface area contributed by atoms with Crippen LogP contribution in [0.2, 0.25) is 0 Å². The van der Waals surface area contributed by atoms with Gasteiger partial charge in [0, 0.05) is 24.4 Å². The van der Waals surface area contributed by atoms with Crippen LogP contribution in [0.25, 0.3) is 21.9 Å². The third-order valence-corrected chi connectivity index (χ3v) is 8.03. The Hall–Kier alpha value is -7.04. The lowest BCUT2D eigenvalue weighted by atomic mass is 9.96. The fourth-order valence-corrected chi connectivity index (χ4v) is 5.60. The number of ether oxygens (including phenoxy) is 6. The lowest BCUT2D eigenvalue weighted by Crippen LogP contribution is -2.33. The molecule has 0 radical (unpaired) electrons. The Morgan fingerprint density at radius 2 is 1.51 bits per heavy atom. The highest BCUT2D eigenvalue weighted by Gasteiger charge is 2.28. The Balaban J connectivity index is 1.65. The van der Waals surface area contributed by atoms with Gasteiger partial charge in [-0.1, -0.05) is 12.1 Å². The normalized spacial score (nSPS) is 11.1. The highest BCUT2D eigenvalue weighted by atomic mass is 16.7. The summed E-state index contributed by atoms with van der Waals surface area (Å²) in [5.41, 5.74) is -0.758. The van der Waals surface area contributed by atoms with E-state index in [1.165, 1.54) is 51.1 Å². The summed E-state index contributed by atoms with van der Waals surface area (Å²) in [5.74, 6) is -1.20. The molecule has 0 aliphatic rings. The van der Waals surface area contributed by atoms with E-state index in [0.717, 1.165) is 24.1 Å². The molecule has 1 N–H and O–H groups in total. The van der Waals surface area contributed by atoms with Crippen molar-refractivity contribution >= 4 is 40.2 Å². The summed E-state index contributed by atoms with van der Waals surface area (Å²) in [6.45, 7) is 4.99. The van der Waals surface area contributed by atoms with E-state index in [1.807, 2.05) is 0 Å². The zero-order valence-electron chi connectivity index (χ0n) is 31.2. The molecule has 0 spiro atoms. The number of anilines is 1. The molecule has 0 aliphatic carbocycles. The van der Waals surface area contributed by atoms with Gasteiger partial charge >= 0.3 is 18.0 Å². The maximum atomic E-state index is 14.3. The number of nitrogens with zero attached hydrogens (tertiary/aromatic N) is 3. The van der Waals surface area contributed by atoms with E-state index in [2.05, 4.69) is 5.32 Å². The van der Waals surface area contributed by atoms with E-state index in [4.69, 9.17) is 33.3 Å². The minimum Gasteiger partial charge on any atom is -0.493 e. The summed E-state index contributed by atoms with van der Waals surface area (Å²) in [4.78, 5) is 70.0. The summed E-state index contributed by atoms with van der Waals surface area (Å²) in [7, 11) is 6.86. The Bertz CT molecular complexity index is 2330. The molecule has 0 saturated heterocycles. The topological polar surface area (TPSA) is 198 Å². The van der Waals surface area contributed by atoms with E-state index in [-0.39, 0.29) is 63.0 Å². The second-order valence-corrected chi connectivity index (χ2v) is 12.9. The maximum Gasteiger partial charge on any atom is 0.412 e. The van der Waals surface area contributed by atoms with E-state index in [9.17, 15) is 29.3 Å². The van der Waals surface area contributed by atoms with Gasteiger partial charge in [0.1, 0.15) is 23.7 Å². The largest absolute Gasteiger partial charge is 0.493 e. The van der Waals surface area contributed by atoms with Crippen LogP contribution in [-0.2, 0) is 23.1 Å². The van der Waals surface area contributed by atoms with Crippen LogP contribution in [0.4, 0.5) is 16.2 Å². The molecule has 5 aromatic rings. The molecule has 3 aromatic carbocycles.